The van der Waals surface area contributed by atoms with Gasteiger partial charge in [-0.15, -0.1) is 0 Å². The van der Waals surface area contributed by atoms with Gasteiger partial charge in [0, 0.05) is 13.1 Å². The first-order valence-corrected chi connectivity index (χ1v) is 10.3. The molecule has 0 aromatic rings. The van der Waals surface area contributed by atoms with Gasteiger partial charge < -0.3 is 15.0 Å². The van der Waals surface area contributed by atoms with Crippen molar-refractivity contribution in [1.29, 1.82) is 0 Å². The number of nitrogens with zero attached hydrogens (tertiary/aromatic N) is 2. The smallest absolute Gasteiger partial charge is 0.410 e. The van der Waals surface area contributed by atoms with Crippen molar-refractivity contribution < 1.29 is 14.3 Å². The molecule has 2 fully saturated rings. The summed E-state index contributed by atoms with van der Waals surface area (Å²) in [5.41, 5.74) is -0.535. The number of likely N-dealkylation sites (tertiary alicyclic amines) is 2. The molecule has 2 amide bonds. The molecule has 0 unspecified atom stereocenters. The second-order valence-electron chi connectivity index (χ2n) is 8.85. The van der Waals surface area contributed by atoms with Crippen LogP contribution in [0.5, 0.6) is 0 Å². The second-order valence-corrected chi connectivity index (χ2v) is 8.85. The van der Waals surface area contributed by atoms with Gasteiger partial charge in [0.15, 0.2) is 0 Å². The molecule has 26 heavy (non-hydrogen) atoms. The topological polar surface area (TPSA) is 61.9 Å². The van der Waals surface area contributed by atoms with Crippen molar-refractivity contribution in [2.75, 3.05) is 32.7 Å². The second kappa shape index (κ2) is 9.58. The predicted octanol–water partition coefficient (Wildman–Crippen LogP) is 3.01. The molecule has 2 saturated heterocycles. The zero-order valence-electron chi connectivity index (χ0n) is 17.1. The molecular weight excluding hydrogens is 330 g/mol. The van der Waals surface area contributed by atoms with Crippen molar-refractivity contribution in [2.45, 2.75) is 77.9 Å². The lowest BCUT2D eigenvalue weighted by molar-refractivity contribution is -0.125. The number of ether oxygens (including phenoxy) is 1. The van der Waals surface area contributed by atoms with Crippen LogP contribution in [0.2, 0.25) is 0 Å². The van der Waals surface area contributed by atoms with Crippen LogP contribution in [0.15, 0.2) is 0 Å². The maximum Gasteiger partial charge on any atom is 0.410 e. The Balaban J connectivity index is 1.64. The Morgan fingerprint density at radius 3 is 2.42 bits per heavy atom. The molecule has 6 nitrogen and oxygen atoms in total. The van der Waals surface area contributed by atoms with E-state index in [1.54, 1.807) is 4.90 Å². The lowest BCUT2D eigenvalue weighted by atomic mass is 9.99. The first-order valence-electron chi connectivity index (χ1n) is 10.3. The summed E-state index contributed by atoms with van der Waals surface area (Å²) in [6, 6.07) is -0.381. The third-order valence-electron chi connectivity index (χ3n) is 5.26. The molecule has 2 heterocycles. The van der Waals surface area contributed by atoms with Crippen LogP contribution in [0, 0.1) is 5.92 Å². The number of amides is 2. The summed E-state index contributed by atoms with van der Waals surface area (Å²) in [4.78, 5) is 28.8. The zero-order chi connectivity index (χ0) is 19.2. The van der Waals surface area contributed by atoms with Gasteiger partial charge in [0.1, 0.15) is 11.6 Å². The predicted molar refractivity (Wildman–Crippen MR) is 103 cm³/mol. The van der Waals surface area contributed by atoms with Gasteiger partial charge in [0.2, 0.25) is 5.91 Å². The largest absolute Gasteiger partial charge is 0.444 e. The average Bonchev–Trinajstić information content (AvgIpc) is 3.04. The summed E-state index contributed by atoms with van der Waals surface area (Å²) >= 11 is 0. The fourth-order valence-electron chi connectivity index (χ4n) is 3.65. The van der Waals surface area contributed by atoms with E-state index in [0.29, 0.717) is 13.1 Å². The Hall–Kier alpha value is -1.30. The number of rotatable bonds is 6. The van der Waals surface area contributed by atoms with Crippen LogP contribution in [-0.4, -0.2) is 66.2 Å². The highest BCUT2D eigenvalue weighted by Gasteiger charge is 2.36. The fourth-order valence-corrected chi connectivity index (χ4v) is 3.65. The minimum Gasteiger partial charge on any atom is -0.444 e. The van der Waals surface area contributed by atoms with Crippen LogP contribution >= 0.6 is 0 Å². The fraction of sp³-hybridized carbons (Fsp3) is 0.900. The minimum absolute atomic E-state index is 0.0415. The van der Waals surface area contributed by atoms with Gasteiger partial charge in [-0.05, 0) is 84.8 Å². The van der Waals surface area contributed by atoms with E-state index in [1.807, 2.05) is 20.8 Å². The molecular formula is C20H37N3O3. The first kappa shape index (κ1) is 21.0. The van der Waals surface area contributed by atoms with Crippen LogP contribution in [0.3, 0.4) is 0 Å². The summed E-state index contributed by atoms with van der Waals surface area (Å²) in [5, 5.41) is 3.01. The molecule has 0 saturated carbocycles. The highest BCUT2D eigenvalue weighted by molar-refractivity contribution is 5.86. The van der Waals surface area contributed by atoms with E-state index in [1.165, 1.54) is 25.9 Å². The zero-order valence-corrected chi connectivity index (χ0v) is 17.1. The molecule has 2 rings (SSSR count). The Morgan fingerprint density at radius 2 is 1.77 bits per heavy atom. The normalized spacial score (nSPS) is 22.5. The van der Waals surface area contributed by atoms with Gasteiger partial charge in [-0.25, -0.2) is 4.79 Å². The monoisotopic (exact) mass is 367 g/mol. The lowest BCUT2D eigenvalue weighted by Gasteiger charge is -2.30. The Kier molecular flexibility index (Phi) is 7.74. The third-order valence-corrected chi connectivity index (χ3v) is 5.26. The molecule has 2 aliphatic rings. The highest BCUT2D eigenvalue weighted by Crippen LogP contribution is 2.21. The van der Waals surface area contributed by atoms with E-state index >= 15 is 0 Å². The number of hydrogen-bond acceptors (Lipinski definition) is 4. The summed E-state index contributed by atoms with van der Waals surface area (Å²) in [6.07, 6.45) is 5.89. The van der Waals surface area contributed by atoms with Crippen LogP contribution in [0.1, 0.15) is 66.2 Å². The molecule has 0 bridgehead atoms. The minimum atomic E-state index is -0.535. The molecule has 0 aromatic carbocycles. The van der Waals surface area contributed by atoms with Crippen molar-refractivity contribution in [1.82, 2.24) is 15.1 Å². The van der Waals surface area contributed by atoms with Crippen molar-refractivity contribution >= 4 is 12.0 Å². The molecule has 150 valence electrons. The van der Waals surface area contributed by atoms with Crippen LogP contribution in [-0.2, 0) is 9.53 Å². The molecule has 0 aromatic heterocycles. The molecule has 1 N–H and O–H groups in total. The molecule has 0 spiro atoms. The van der Waals surface area contributed by atoms with Gasteiger partial charge >= 0.3 is 6.09 Å². The number of nitrogens with one attached hydrogen (secondary N) is 1. The van der Waals surface area contributed by atoms with Crippen molar-refractivity contribution in [2.24, 2.45) is 5.92 Å². The Morgan fingerprint density at radius 1 is 1.08 bits per heavy atom. The molecule has 0 aliphatic carbocycles. The van der Waals surface area contributed by atoms with E-state index in [9.17, 15) is 9.59 Å². The SMILES string of the molecule is CC1CCN(CCCCNC(=O)[C@@H]2CCCN2C(=O)OC(C)(C)C)CC1. The van der Waals surface area contributed by atoms with E-state index < -0.39 is 5.60 Å². The summed E-state index contributed by atoms with van der Waals surface area (Å²) < 4.78 is 5.42. The lowest BCUT2D eigenvalue weighted by Crippen LogP contribution is -2.47. The maximum atomic E-state index is 12.5. The average molecular weight is 368 g/mol. The Bertz CT molecular complexity index is 467. The van der Waals surface area contributed by atoms with Crippen molar-refractivity contribution in [3.05, 3.63) is 0 Å². The number of carbonyl (C=O) groups is 2. The van der Waals surface area contributed by atoms with Crippen molar-refractivity contribution in [3.63, 3.8) is 0 Å². The van der Waals surface area contributed by atoms with E-state index in [-0.39, 0.29) is 18.0 Å². The number of unbranched alkanes of at least 4 members (excludes halogenated alkanes) is 1. The van der Waals surface area contributed by atoms with Gasteiger partial charge in [0.05, 0.1) is 0 Å². The molecule has 2 aliphatic heterocycles. The molecule has 1 atom stereocenters. The number of hydrogen-bond donors (Lipinski definition) is 1. The highest BCUT2D eigenvalue weighted by atomic mass is 16.6. The van der Waals surface area contributed by atoms with Crippen LogP contribution < -0.4 is 5.32 Å². The summed E-state index contributed by atoms with van der Waals surface area (Å²) in [6.45, 7) is 12.7. The van der Waals surface area contributed by atoms with Crippen molar-refractivity contribution in [3.8, 4) is 0 Å². The van der Waals surface area contributed by atoms with Gasteiger partial charge in [-0.3, -0.25) is 9.69 Å². The third kappa shape index (κ3) is 6.78. The maximum absolute atomic E-state index is 12.5. The van der Waals surface area contributed by atoms with E-state index in [4.69, 9.17) is 4.74 Å². The van der Waals surface area contributed by atoms with Gasteiger partial charge in [-0.1, -0.05) is 6.92 Å². The van der Waals surface area contributed by atoms with Crippen LogP contribution in [0.25, 0.3) is 0 Å². The first-order chi connectivity index (χ1) is 12.3. The molecule has 6 heteroatoms. The van der Waals surface area contributed by atoms with Gasteiger partial charge in [0.25, 0.3) is 0 Å². The molecule has 0 radical (unpaired) electrons. The summed E-state index contributed by atoms with van der Waals surface area (Å²) in [5.74, 6) is 0.824. The number of piperidine rings is 1. The van der Waals surface area contributed by atoms with E-state index in [0.717, 1.165) is 38.1 Å². The number of carbonyl (C=O) groups excluding carboxylic acids is 2. The quantitative estimate of drug-likeness (QED) is 0.733. The van der Waals surface area contributed by atoms with E-state index in [2.05, 4.69) is 17.1 Å². The summed E-state index contributed by atoms with van der Waals surface area (Å²) in [7, 11) is 0. The van der Waals surface area contributed by atoms with Crippen LogP contribution in [0.4, 0.5) is 4.79 Å². The van der Waals surface area contributed by atoms with Gasteiger partial charge in [-0.2, -0.15) is 0 Å². The Labute approximate surface area is 158 Å². The standard InChI is InChI=1S/C20H37N3O3/c1-16-9-14-22(15-10-16)12-6-5-11-21-18(24)17-8-7-13-23(17)19(25)26-20(2,3)4/h16-17H,5-15H2,1-4H3,(H,21,24)/t17-/m0/s1.